The molecule has 0 radical (unpaired) electrons. The van der Waals surface area contributed by atoms with Crippen molar-refractivity contribution in [2.24, 2.45) is 5.92 Å². The summed E-state index contributed by atoms with van der Waals surface area (Å²) >= 11 is 0. The van der Waals surface area contributed by atoms with E-state index in [2.05, 4.69) is 18.4 Å². The van der Waals surface area contributed by atoms with Crippen molar-refractivity contribution in [1.29, 1.82) is 5.26 Å². The zero-order valence-electron chi connectivity index (χ0n) is 17.5. The second kappa shape index (κ2) is 8.95. The Morgan fingerprint density at radius 3 is 2.61 bits per heavy atom. The van der Waals surface area contributed by atoms with Crippen LogP contribution in [0, 0.1) is 31.1 Å². The van der Waals surface area contributed by atoms with E-state index in [1.54, 1.807) is 11.0 Å². The van der Waals surface area contributed by atoms with Gasteiger partial charge in [-0.25, -0.2) is 8.42 Å². The van der Waals surface area contributed by atoms with Crippen molar-refractivity contribution in [3.05, 3.63) is 28.6 Å². The van der Waals surface area contributed by atoms with Gasteiger partial charge in [-0.15, -0.1) is 0 Å². The fourth-order valence-corrected chi connectivity index (χ4v) is 5.51. The minimum atomic E-state index is -3.10. The third kappa shape index (κ3) is 5.05. The summed E-state index contributed by atoms with van der Waals surface area (Å²) in [5.74, 6) is 0.205. The lowest BCUT2D eigenvalue weighted by Crippen LogP contribution is -2.42. The highest BCUT2D eigenvalue weighted by molar-refractivity contribution is 7.91. The predicted octanol–water partition coefficient (Wildman–Crippen LogP) is 3.09. The molecule has 0 bridgehead atoms. The van der Waals surface area contributed by atoms with E-state index in [4.69, 9.17) is 0 Å². The zero-order valence-corrected chi connectivity index (χ0v) is 18.3. The van der Waals surface area contributed by atoms with Crippen molar-refractivity contribution >= 4 is 21.8 Å². The number of nitriles is 1. The van der Waals surface area contributed by atoms with Gasteiger partial charge in [0.25, 0.3) is 5.91 Å². The number of hydrogen-bond donors (Lipinski definition) is 0. The van der Waals surface area contributed by atoms with Crippen LogP contribution in [-0.4, -0.2) is 47.9 Å². The molecule has 1 aliphatic heterocycles. The largest absolute Gasteiger partial charge is 0.348 e. The minimum absolute atomic E-state index is 0.0135. The van der Waals surface area contributed by atoms with Gasteiger partial charge in [0.2, 0.25) is 0 Å². The Balaban J connectivity index is 2.35. The van der Waals surface area contributed by atoms with E-state index in [-0.39, 0.29) is 29.0 Å². The van der Waals surface area contributed by atoms with Crippen LogP contribution < -0.4 is 0 Å². The van der Waals surface area contributed by atoms with Gasteiger partial charge in [0.1, 0.15) is 11.6 Å². The van der Waals surface area contributed by atoms with Gasteiger partial charge in [-0.05, 0) is 50.3 Å². The molecule has 0 spiro atoms. The second-order valence-corrected chi connectivity index (χ2v) is 10.3. The zero-order chi connectivity index (χ0) is 21.1. The number of amides is 1. The Labute approximate surface area is 168 Å². The lowest BCUT2D eigenvalue weighted by atomic mass is 10.1. The van der Waals surface area contributed by atoms with Crippen molar-refractivity contribution in [2.45, 2.75) is 60.0 Å². The molecule has 1 fully saturated rings. The monoisotopic (exact) mass is 405 g/mol. The van der Waals surface area contributed by atoms with Crippen LogP contribution in [0.2, 0.25) is 0 Å². The molecule has 6 nitrogen and oxygen atoms in total. The van der Waals surface area contributed by atoms with Gasteiger partial charge >= 0.3 is 0 Å². The fraction of sp³-hybridized carbons (Fsp3) is 0.619. The summed E-state index contributed by atoms with van der Waals surface area (Å²) in [5.41, 5.74) is 3.04. The second-order valence-electron chi connectivity index (χ2n) is 8.06. The summed E-state index contributed by atoms with van der Waals surface area (Å²) in [7, 11) is -3.10. The average Bonchev–Trinajstić information content (AvgIpc) is 3.10. The number of aryl methyl sites for hydroxylation is 1. The van der Waals surface area contributed by atoms with Gasteiger partial charge in [-0.1, -0.05) is 20.8 Å². The standard InChI is InChI=1S/C21H31N3O3S/c1-6-8-23(20-7-9-28(26,27)14-20)21(25)19(12-22)11-18-10-16(4)24(17(18)5)13-15(2)3/h10-11,15,20H,6-9,13-14H2,1-5H3. The first-order valence-corrected chi connectivity index (χ1v) is 11.7. The van der Waals surface area contributed by atoms with Gasteiger partial charge in [0, 0.05) is 30.5 Å². The van der Waals surface area contributed by atoms with Crippen LogP contribution in [0.4, 0.5) is 0 Å². The first kappa shape index (κ1) is 22.2. The molecule has 2 rings (SSSR count). The van der Waals surface area contributed by atoms with Crippen LogP contribution in [0.5, 0.6) is 0 Å². The number of aromatic nitrogens is 1. The lowest BCUT2D eigenvalue weighted by Gasteiger charge is -2.27. The highest BCUT2D eigenvalue weighted by Crippen LogP contribution is 2.23. The maximum atomic E-state index is 13.1. The molecule has 0 N–H and O–H groups in total. The van der Waals surface area contributed by atoms with Gasteiger partial charge in [-0.3, -0.25) is 4.79 Å². The summed E-state index contributed by atoms with van der Waals surface area (Å²) in [5, 5.41) is 9.64. The number of nitrogens with zero attached hydrogens (tertiary/aromatic N) is 3. The minimum Gasteiger partial charge on any atom is -0.348 e. The Morgan fingerprint density at radius 1 is 1.43 bits per heavy atom. The van der Waals surface area contributed by atoms with E-state index in [9.17, 15) is 18.5 Å². The van der Waals surface area contributed by atoms with Crippen LogP contribution in [0.1, 0.15) is 50.6 Å². The van der Waals surface area contributed by atoms with Crippen molar-refractivity contribution in [1.82, 2.24) is 9.47 Å². The first-order chi connectivity index (χ1) is 13.1. The number of carbonyl (C=O) groups excluding carboxylic acids is 1. The van der Waals surface area contributed by atoms with Crippen LogP contribution in [0.25, 0.3) is 6.08 Å². The highest BCUT2D eigenvalue weighted by atomic mass is 32.2. The molecule has 1 saturated heterocycles. The molecule has 1 aliphatic rings. The molecule has 28 heavy (non-hydrogen) atoms. The van der Waals surface area contributed by atoms with E-state index in [0.29, 0.717) is 25.3 Å². The molecular formula is C21H31N3O3S. The smallest absolute Gasteiger partial charge is 0.264 e. The Bertz CT molecular complexity index is 904. The fourth-order valence-electron chi connectivity index (χ4n) is 3.78. The molecular weight excluding hydrogens is 374 g/mol. The molecule has 2 heterocycles. The number of carbonyl (C=O) groups is 1. The SMILES string of the molecule is CCCN(C(=O)C(C#N)=Cc1cc(C)n(CC(C)C)c1C)C1CCS(=O)(=O)C1. The maximum Gasteiger partial charge on any atom is 0.264 e. The number of rotatable bonds is 7. The van der Waals surface area contributed by atoms with E-state index in [1.807, 2.05) is 32.9 Å². The molecule has 0 aliphatic carbocycles. The van der Waals surface area contributed by atoms with E-state index < -0.39 is 9.84 Å². The van der Waals surface area contributed by atoms with Gasteiger partial charge in [-0.2, -0.15) is 5.26 Å². The average molecular weight is 406 g/mol. The van der Waals surface area contributed by atoms with Crippen LogP contribution in [0.15, 0.2) is 11.6 Å². The van der Waals surface area contributed by atoms with Gasteiger partial charge in [0.05, 0.1) is 11.5 Å². The number of sulfone groups is 1. The maximum absolute atomic E-state index is 13.1. The Kier molecular flexibility index (Phi) is 7.11. The van der Waals surface area contributed by atoms with Crippen molar-refractivity contribution < 1.29 is 13.2 Å². The van der Waals surface area contributed by atoms with Crippen LogP contribution in [-0.2, 0) is 21.2 Å². The summed E-state index contributed by atoms with van der Waals surface area (Å²) in [6, 6.07) is 3.69. The molecule has 1 aromatic heterocycles. The molecule has 0 aromatic carbocycles. The van der Waals surface area contributed by atoms with Gasteiger partial charge in [0.15, 0.2) is 9.84 Å². The predicted molar refractivity (Wildman–Crippen MR) is 111 cm³/mol. The molecule has 7 heteroatoms. The summed E-state index contributed by atoms with van der Waals surface area (Å²) in [6.07, 6.45) is 2.80. The van der Waals surface area contributed by atoms with E-state index in [0.717, 1.165) is 23.5 Å². The van der Waals surface area contributed by atoms with Crippen LogP contribution >= 0.6 is 0 Å². The van der Waals surface area contributed by atoms with Crippen LogP contribution in [0.3, 0.4) is 0 Å². The first-order valence-electron chi connectivity index (χ1n) is 9.89. The normalized spacial score (nSPS) is 19.0. The number of hydrogen-bond acceptors (Lipinski definition) is 4. The molecule has 1 unspecified atom stereocenters. The summed E-state index contributed by atoms with van der Waals surface area (Å²) in [6.45, 7) is 11.6. The molecule has 1 amide bonds. The molecule has 1 aromatic rings. The highest BCUT2D eigenvalue weighted by Gasteiger charge is 2.35. The topological polar surface area (TPSA) is 83.2 Å². The van der Waals surface area contributed by atoms with Crippen molar-refractivity contribution in [3.63, 3.8) is 0 Å². The van der Waals surface area contributed by atoms with E-state index in [1.165, 1.54) is 0 Å². The summed E-state index contributed by atoms with van der Waals surface area (Å²) in [4.78, 5) is 14.7. The third-order valence-electron chi connectivity index (χ3n) is 5.19. The Morgan fingerprint density at radius 2 is 2.11 bits per heavy atom. The van der Waals surface area contributed by atoms with Crippen molar-refractivity contribution in [3.8, 4) is 6.07 Å². The molecule has 0 saturated carbocycles. The van der Waals surface area contributed by atoms with E-state index >= 15 is 0 Å². The molecule has 154 valence electrons. The summed E-state index contributed by atoms with van der Waals surface area (Å²) < 4.78 is 25.9. The quantitative estimate of drug-likeness (QED) is 0.515. The van der Waals surface area contributed by atoms with Gasteiger partial charge < -0.3 is 9.47 Å². The van der Waals surface area contributed by atoms with Crippen molar-refractivity contribution in [2.75, 3.05) is 18.1 Å². The molecule has 1 atom stereocenters. The lowest BCUT2D eigenvalue weighted by molar-refractivity contribution is -0.128. The Hall–Kier alpha value is -2.07. The third-order valence-corrected chi connectivity index (χ3v) is 6.94.